The van der Waals surface area contributed by atoms with Gasteiger partial charge in [0.2, 0.25) is 0 Å². The van der Waals surface area contributed by atoms with Crippen molar-refractivity contribution < 1.29 is 4.42 Å². The molecule has 0 saturated heterocycles. The van der Waals surface area contributed by atoms with Crippen molar-refractivity contribution >= 4 is 65.6 Å². The third-order valence-electron chi connectivity index (χ3n) is 11.4. The van der Waals surface area contributed by atoms with Crippen LogP contribution in [0.4, 0.5) is 0 Å². The lowest BCUT2D eigenvalue weighted by Crippen LogP contribution is -2.03. The van der Waals surface area contributed by atoms with Crippen LogP contribution in [0.2, 0.25) is 0 Å². The Bertz CT molecular complexity index is 3610. The fraction of sp³-hybridized carbons (Fsp3) is 0. The van der Waals surface area contributed by atoms with Crippen LogP contribution in [0.5, 0.6) is 0 Å². The average Bonchev–Trinajstić information content (AvgIpc) is 3.97. The van der Waals surface area contributed by atoms with E-state index in [1.54, 1.807) is 0 Å². The molecule has 0 aliphatic heterocycles. The number of hydrogen-bond acceptors (Lipinski definition) is 5. The van der Waals surface area contributed by atoms with E-state index in [1.807, 2.05) is 91.0 Å². The third kappa shape index (κ3) is 4.90. The van der Waals surface area contributed by atoms with Gasteiger partial charge in [-0.1, -0.05) is 140 Å². The lowest BCUT2D eigenvalue weighted by molar-refractivity contribution is 0.669. The van der Waals surface area contributed by atoms with Gasteiger partial charge in [-0.3, -0.25) is 0 Å². The zero-order valence-electron chi connectivity index (χ0n) is 31.4. The third-order valence-corrected chi connectivity index (χ3v) is 11.4. The fourth-order valence-electron chi connectivity index (χ4n) is 8.89. The maximum absolute atomic E-state index is 11.4. The lowest BCUT2D eigenvalue weighted by atomic mass is 10.0. The summed E-state index contributed by atoms with van der Waals surface area (Å²) in [7, 11) is 0. The molecule has 0 N–H and O–H groups in total. The summed E-state index contributed by atoms with van der Waals surface area (Å²) in [5.41, 5.74) is 10.1. The Balaban J connectivity index is 1.24. The van der Waals surface area contributed by atoms with E-state index in [4.69, 9.17) is 19.4 Å². The van der Waals surface area contributed by atoms with Crippen molar-refractivity contribution in [2.24, 2.45) is 0 Å². The molecule has 0 fully saturated rings. The first-order valence-corrected chi connectivity index (χ1v) is 19.5. The topological polar surface area (TPSA) is 85.5 Å². The molecule has 12 aromatic rings. The molecule has 7 nitrogen and oxygen atoms in total. The van der Waals surface area contributed by atoms with Crippen molar-refractivity contribution in [3.63, 3.8) is 0 Å². The van der Waals surface area contributed by atoms with E-state index < -0.39 is 0 Å². The Morgan fingerprint density at radius 3 is 1.69 bits per heavy atom. The molecule has 0 aliphatic rings. The molecule has 7 heteroatoms. The molecule has 274 valence electrons. The molecular weight excluding hydrogens is 725 g/mol. The number of rotatable bonds is 5. The maximum atomic E-state index is 11.4. The van der Waals surface area contributed by atoms with Gasteiger partial charge in [-0.05, 0) is 42.5 Å². The van der Waals surface area contributed by atoms with Crippen LogP contribution in [0.25, 0.3) is 111 Å². The van der Waals surface area contributed by atoms with Crippen LogP contribution in [0.3, 0.4) is 0 Å². The molecule has 0 atom stereocenters. The van der Waals surface area contributed by atoms with Crippen LogP contribution in [-0.4, -0.2) is 24.1 Å². The summed E-state index contributed by atoms with van der Waals surface area (Å²) < 4.78 is 11.5. The first-order chi connectivity index (χ1) is 29.2. The molecule has 0 spiro atoms. The Labute approximate surface area is 337 Å². The van der Waals surface area contributed by atoms with Gasteiger partial charge in [-0.25, -0.2) is 15.0 Å². The number of para-hydroxylation sites is 4. The van der Waals surface area contributed by atoms with E-state index in [0.717, 1.165) is 76.9 Å². The number of fused-ring (bicyclic) bond motifs is 10. The maximum Gasteiger partial charge on any atom is 0.167 e. The molecule has 59 heavy (non-hydrogen) atoms. The second kappa shape index (κ2) is 12.8. The zero-order valence-corrected chi connectivity index (χ0v) is 31.4. The van der Waals surface area contributed by atoms with E-state index >= 15 is 0 Å². The molecule has 8 aromatic carbocycles. The highest BCUT2D eigenvalue weighted by atomic mass is 16.3. The summed E-state index contributed by atoms with van der Waals surface area (Å²) in [4.78, 5) is 15.1. The smallest absolute Gasteiger partial charge is 0.167 e. The van der Waals surface area contributed by atoms with E-state index in [2.05, 4.69) is 106 Å². The summed E-state index contributed by atoms with van der Waals surface area (Å²) in [6.45, 7) is 0. The van der Waals surface area contributed by atoms with Gasteiger partial charge in [0.25, 0.3) is 0 Å². The zero-order chi connectivity index (χ0) is 39.0. The van der Waals surface area contributed by atoms with Gasteiger partial charge < -0.3 is 13.6 Å². The number of nitrogens with zero attached hydrogens (tertiary/aromatic N) is 6. The predicted octanol–water partition coefficient (Wildman–Crippen LogP) is 12.8. The van der Waals surface area contributed by atoms with Crippen molar-refractivity contribution in [2.75, 3.05) is 0 Å². The first kappa shape index (κ1) is 32.9. The molecule has 0 amide bonds. The molecule has 0 unspecified atom stereocenters. The van der Waals surface area contributed by atoms with Gasteiger partial charge in [0.05, 0.1) is 44.3 Å². The molecule has 4 aromatic heterocycles. The van der Waals surface area contributed by atoms with Crippen molar-refractivity contribution in [3.05, 3.63) is 188 Å². The van der Waals surface area contributed by atoms with Crippen LogP contribution in [-0.2, 0) is 0 Å². The van der Waals surface area contributed by atoms with Crippen molar-refractivity contribution in [1.29, 1.82) is 5.26 Å². The Morgan fingerprint density at radius 1 is 0.458 bits per heavy atom. The number of nitriles is 1. The quantitative estimate of drug-likeness (QED) is 0.175. The SMILES string of the molecule is N#Cc1cc(-c2nc(-c3ccccc3)nc(-c3ccccc3)n2)c2oc3ccccc3c2c1-n1c2ccccc2c2ccc3c(c4ccccc4n3-c3ccccc3)c21. The van der Waals surface area contributed by atoms with Gasteiger partial charge in [-0.2, -0.15) is 5.26 Å². The Hall–Kier alpha value is -8.34. The highest BCUT2D eigenvalue weighted by Gasteiger charge is 2.28. The standard InChI is InChI=1S/C52H30N6O/c53-31-34-30-40(52-55-50(32-16-4-1-5-17-32)54-51(56-52)33-18-6-2-7-19-33)49-46(39-24-12-15-27-44(39)59-49)47(34)58-41-25-13-10-22-36(41)37-28-29-43-45(48(37)58)38-23-11-14-26-42(38)57(43)35-20-8-3-9-21-35/h1-30H. The number of benzene rings is 8. The van der Waals surface area contributed by atoms with Gasteiger partial charge in [0.15, 0.2) is 17.5 Å². The molecule has 12 rings (SSSR count). The minimum atomic E-state index is 0.417. The van der Waals surface area contributed by atoms with Gasteiger partial charge >= 0.3 is 0 Å². The number of aromatic nitrogens is 5. The van der Waals surface area contributed by atoms with Crippen molar-refractivity contribution in [2.45, 2.75) is 0 Å². The Kier molecular flexibility index (Phi) is 7.16. The normalized spacial score (nSPS) is 11.7. The highest BCUT2D eigenvalue weighted by Crippen LogP contribution is 2.47. The van der Waals surface area contributed by atoms with Crippen molar-refractivity contribution in [3.8, 4) is 51.6 Å². The fourth-order valence-corrected chi connectivity index (χ4v) is 8.89. The average molecular weight is 755 g/mol. The largest absolute Gasteiger partial charge is 0.455 e. The minimum Gasteiger partial charge on any atom is -0.455 e. The van der Waals surface area contributed by atoms with E-state index in [-0.39, 0.29) is 0 Å². The number of hydrogen-bond donors (Lipinski definition) is 0. The summed E-state index contributed by atoms with van der Waals surface area (Å²) >= 11 is 0. The monoisotopic (exact) mass is 754 g/mol. The van der Waals surface area contributed by atoms with Crippen LogP contribution < -0.4 is 0 Å². The second-order valence-corrected chi connectivity index (χ2v) is 14.7. The minimum absolute atomic E-state index is 0.417. The molecule has 4 heterocycles. The lowest BCUT2D eigenvalue weighted by Gasteiger charge is -2.15. The van der Waals surface area contributed by atoms with E-state index in [0.29, 0.717) is 39.8 Å². The second-order valence-electron chi connectivity index (χ2n) is 14.7. The molecule has 0 bridgehead atoms. The van der Waals surface area contributed by atoms with Gasteiger partial charge in [-0.15, -0.1) is 0 Å². The molecule has 0 saturated carbocycles. The van der Waals surface area contributed by atoms with Crippen LogP contribution in [0.1, 0.15) is 5.56 Å². The predicted molar refractivity (Wildman–Crippen MR) is 237 cm³/mol. The molecule has 0 radical (unpaired) electrons. The van der Waals surface area contributed by atoms with E-state index in [1.165, 1.54) is 0 Å². The van der Waals surface area contributed by atoms with Crippen LogP contribution in [0, 0.1) is 11.3 Å². The first-order valence-electron chi connectivity index (χ1n) is 19.5. The summed E-state index contributed by atoms with van der Waals surface area (Å²) in [6.07, 6.45) is 0. The van der Waals surface area contributed by atoms with Gasteiger partial charge in [0.1, 0.15) is 17.2 Å². The van der Waals surface area contributed by atoms with Crippen LogP contribution >= 0.6 is 0 Å². The highest BCUT2D eigenvalue weighted by molar-refractivity contribution is 6.27. The number of furan rings is 1. The summed E-state index contributed by atoms with van der Waals surface area (Å²) in [5.74, 6) is 1.47. The summed E-state index contributed by atoms with van der Waals surface area (Å²) in [5, 5.41) is 17.5. The van der Waals surface area contributed by atoms with Crippen molar-refractivity contribution in [1.82, 2.24) is 24.1 Å². The Morgan fingerprint density at radius 2 is 1.02 bits per heavy atom. The molecule has 0 aliphatic carbocycles. The van der Waals surface area contributed by atoms with Gasteiger partial charge in [0, 0.05) is 43.7 Å². The van der Waals surface area contributed by atoms with Crippen LogP contribution in [0.15, 0.2) is 186 Å². The molecular formula is C52H30N6O. The summed E-state index contributed by atoms with van der Waals surface area (Å²) in [6, 6.07) is 64.3. The van der Waals surface area contributed by atoms with E-state index in [9.17, 15) is 5.26 Å².